The predicted octanol–water partition coefficient (Wildman–Crippen LogP) is 5.10. The van der Waals surface area contributed by atoms with Gasteiger partial charge in [0.15, 0.2) is 0 Å². The number of esters is 2. The third-order valence-electron chi connectivity index (χ3n) is 4.34. The zero-order valence-electron chi connectivity index (χ0n) is 15.7. The molecule has 0 saturated carbocycles. The van der Waals surface area contributed by atoms with Crippen molar-refractivity contribution in [3.8, 4) is 11.1 Å². The van der Waals surface area contributed by atoms with E-state index in [0.717, 1.165) is 11.1 Å². The Morgan fingerprint density at radius 2 is 1.29 bits per heavy atom. The van der Waals surface area contributed by atoms with Gasteiger partial charge in [-0.15, -0.1) is 0 Å². The number of rotatable bonds is 5. The molecule has 140 valence electrons. The molecular formula is C24H20O4. The molecule has 0 aliphatic heterocycles. The number of carbonyl (C=O) groups is 2. The van der Waals surface area contributed by atoms with Crippen LogP contribution in [0, 0.1) is 0 Å². The van der Waals surface area contributed by atoms with Gasteiger partial charge in [0.05, 0.1) is 25.3 Å². The summed E-state index contributed by atoms with van der Waals surface area (Å²) in [5.74, 6) is -0.939. The van der Waals surface area contributed by atoms with Crippen molar-refractivity contribution in [1.29, 1.82) is 0 Å². The molecule has 28 heavy (non-hydrogen) atoms. The van der Waals surface area contributed by atoms with Gasteiger partial charge in [-0.25, -0.2) is 9.59 Å². The van der Waals surface area contributed by atoms with Crippen LogP contribution in [0.25, 0.3) is 23.3 Å². The maximum absolute atomic E-state index is 12.4. The molecule has 0 aliphatic rings. The normalized spacial score (nSPS) is 10.6. The number of methoxy groups -OCH3 is 2. The Balaban J connectivity index is 2.19. The second-order valence-electron chi connectivity index (χ2n) is 6.08. The topological polar surface area (TPSA) is 52.6 Å². The van der Waals surface area contributed by atoms with Crippen LogP contribution in [0.5, 0.6) is 0 Å². The maximum Gasteiger partial charge on any atom is 0.338 e. The van der Waals surface area contributed by atoms with Crippen LogP contribution in [-0.4, -0.2) is 26.2 Å². The lowest BCUT2D eigenvalue weighted by atomic mass is 9.93. The zero-order valence-corrected chi connectivity index (χ0v) is 15.7. The molecule has 3 rings (SSSR count). The molecule has 4 nitrogen and oxygen atoms in total. The Hall–Kier alpha value is -3.66. The first-order chi connectivity index (χ1) is 13.6. The van der Waals surface area contributed by atoms with Crippen LogP contribution in [0.2, 0.25) is 0 Å². The summed E-state index contributed by atoms with van der Waals surface area (Å²) in [6.07, 6.45) is 3.67. The number of ether oxygens (including phenoxy) is 2. The minimum atomic E-state index is -0.471. The van der Waals surface area contributed by atoms with Crippen LogP contribution in [0.15, 0.2) is 72.8 Å². The summed E-state index contributed by atoms with van der Waals surface area (Å²) in [5.41, 5.74) is 3.74. The fraction of sp³-hybridized carbons (Fsp3) is 0.0833. The molecule has 0 atom stereocenters. The van der Waals surface area contributed by atoms with Crippen LogP contribution in [0.1, 0.15) is 31.8 Å². The summed E-state index contributed by atoms with van der Waals surface area (Å²) < 4.78 is 9.92. The molecule has 3 aromatic rings. The predicted molar refractivity (Wildman–Crippen MR) is 110 cm³/mol. The number of hydrogen-bond acceptors (Lipinski definition) is 4. The van der Waals surface area contributed by atoms with E-state index in [-0.39, 0.29) is 0 Å². The number of hydrogen-bond donors (Lipinski definition) is 0. The van der Waals surface area contributed by atoms with Gasteiger partial charge in [-0.2, -0.15) is 0 Å². The van der Waals surface area contributed by atoms with Crippen LogP contribution >= 0.6 is 0 Å². The van der Waals surface area contributed by atoms with Crippen LogP contribution in [0.3, 0.4) is 0 Å². The summed E-state index contributed by atoms with van der Waals surface area (Å²) >= 11 is 0. The SMILES string of the molecule is COC(=O)c1cc(-c2ccccc2)c(C(=O)OC)cc1/C=C/c1ccccc1. The van der Waals surface area contributed by atoms with E-state index in [9.17, 15) is 9.59 Å². The lowest BCUT2D eigenvalue weighted by molar-refractivity contribution is 0.0587. The molecule has 0 saturated heterocycles. The maximum atomic E-state index is 12.4. The molecule has 0 radical (unpaired) electrons. The Bertz CT molecular complexity index is 1010. The molecule has 0 N–H and O–H groups in total. The highest BCUT2D eigenvalue weighted by Gasteiger charge is 2.20. The highest BCUT2D eigenvalue weighted by molar-refractivity contribution is 6.03. The van der Waals surface area contributed by atoms with Crippen LogP contribution in [0.4, 0.5) is 0 Å². The van der Waals surface area contributed by atoms with E-state index in [4.69, 9.17) is 9.47 Å². The fourth-order valence-electron chi connectivity index (χ4n) is 2.93. The van der Waals surface area contributed by atoms with Gasteiger partial charge in [0, 0.05) is 0 Å². The number of benzene rings is 3. The van der Waals surface area contributed by atoms with Gasteiger partial charge in [0.25, 0.3) is 0 Å². The molecule has 0 bridgehead atoms. The molecular weight excluding hydrogens is 352 g/mol. The van der Waals surface area contributed by atoms with Crippen molar-refractivity contribution in [2.75, 3.05) is 14.2 Å². The standard InChI is InChI=1S/C24H20O4/c1-27-23(25)21-16-20(18-11-7-4-8-12-18)22(24(26)28-2)15-19(21)14-13-17-9-5-3-6-10-17/h3-16H,1-2H3/b14-13+. The van der Waals surface area contributed by atoms with Gasteiger partial charge in [-0.3, -0.25) is 0 Å². The van der Waals surface area contributed by atoms with E-state index in [1.54, 1.807) is 18.2 Å². The summed E-state index contributed by atoms with van der Waals surface area (Å²) in [6.45, 7) is 0. The summed E-state index contributed by atoms with van der Waals surface area (Å²) in [4.78, 5) is 24.8. The Kier molecular flexibility index (Phi) is 6.02. The molecule has 0 aliphatic carbocycles. The van der Waals surface area contributed by atoms with E-state index in [1.807, 2.05) is 66.7 Å². The first kappa shape index (κ1) is 19.1. The van der Waals surface area contributed by atoms with Crippen molar-refractivity contribution >= 4 is 24.1 Å². The van der Waals surface area contributed by atoms with Gasteiger partial charge < -0.3 is 9.47 Å². The quantitative estimate of drug-likeness (QED) is 0.462. The third kappa shape index (κ3) is 4.18. The van der Waals surface area contributed by atoms with E-state index in [1.165, 1.54) is 14.2 Å². The summed E-state index contributed by atoms with van der Waals surface area (Å²) in [6, 6.07) is 22.4. The van der Waals surface area contributed by atoms with Gasteiger partial charge >= 0.3 is 11.9 Å². The molecule has 0 aromatic heterocycles. The van der Waals surface area contributed by atoms with Crippen molar-refractivity contribution in [2.45, 2.75) is 0 Å². The average Bonchev–Trinajstić information content (AvgIpc) is 2.77. The molecule has 0 heterocycles. The minimum Gasteiger partial charge on any atom is -0.465 e. The Morgan fingerprint density at radius 1 is 0.714 bits per heavy atom. The fourth-order valence-corrected chi connectivity index (χ4v) is 2.93. The molecule has 4 heteroatoms. The van der Waals surface area contributed by atoms with Gasteiger partial charge in [0.2, 0.25) is 0 Å². The van der Waals surface area contributed by atoms with Crippen molar-refractivity contribution in [3.63, 3.8) is 0 Å². The Labute approximate surface area is 164 Å². The average molecular weight is 372 g/mol. The lowest BCUT2D eigenvalue weighted by Crippen LogP contribution is -2.09. The van der Waals surface area contributed by atoms with Crippen molar-refractivity contribution < 1.29 is 19.1 Å². The molecule has 0 unspecified atom stereocenters. The first-order valence-electron chi connectivity index (χ1n) is 8.77. The second-order valence-corrected chi connectivity index (χ2v) is 6.08. The summed E-state index contributed by atoms with van der Waals surface area (Å²) in [5, 5.41) is 0. The van der Waals surface area contributed by atoms with E-state index < -0.39 is 11.9 Å². The zero-order chi connectivity index (χ0) is 19.9. The van der Waals surface area contributed by atoms with Crippen molar-refractivity contribution in [1.82, 2.24) is 0 Å². The largest absolute Gasteiger partial charge is 0.465 e. The van der Waals surface area contributed by atoms with Gasteiger partial charge in [-0.05, 0) is 34.4 Å². The van der Waals surface area contributed by atoms with Crippen molar-refractivity contribution in [2.24, 2.45) is 0 Å². The second kappa shape index (κ2) is 8.82. The van der Waals surface area contributed by atoms with E-state index in [0.29, 0.717) is 22.3 Å². The van der Waals surface area contributed by atoms with E-state index >= 15 is 0 Å². The Morgan fingerprint density at radius 3 is 1.89 bits per heavy atom. The molecule has 3 aromatic carbocycles. The highest BCUT2D eigenvalue weighted by atomic mass is 16.5. The third-order valence-corrected chi connectivity index (χ3v) is 4.34. The lowest BCUT2D eigenvalue weighted by Gasteiger charge is -2.13. The molecule has 0 spiro atoms. The van der Waals surface area contributed by atoms with Crippen molar-refractivity contribution in [3.05, 3.63) is 95.1 Å². The van der Waals surface area contributed by atoms with Gasteiger partial charge in [0.1, 0.15) is 0 Å². The van der Waals surface area contributed by atoms with Gasteiger partial charge in [-0.1, -0.05) is 72.8 Å². The minimum absolute atomic E-state index is 0.376. The molecule has 0 amide bonds. The van der Waals surface area contributed by atoms with E-state index in [2.05, 4.69) is 0 Å². The summed E-state index contributed by atoms with van der Waals surface area (Å²) in [7, 11) is 2.67. The highest BCUT2D eigenvalue weighted by Crippen LogP contribution is 2.29. The smallest absolute Gasteiger partial charge is 0.338 e. The van der Waals surface area contributed by atoms with Crippen LogP contribution < -0.4 is 0 Å². The van der Waals surface area contributed by atoms with Crippen LogP contribution in [-0.2, 0) is 9.47 Å². The first-order valence-corrected chi connectivity index (χ1v) is 8.77. The molecule has 0 fully saturated rings. The number of carbonyl (C=O) groups excluding carboxylic acids is 2. The monoisotopic (exact) mass is 372 g/mol.